The van der Waals surface area contributed by atoms with Crippen LogP contribution in [-0.4, -0.2) is 40.7 Å². The lowest BCUT2D eigenvalue weighted by atomic mass is 10.1. The van der Waals surface area contributed by atoms with Crippen molar-refractivity contribution >= 4 is 6.03 Å². The number of hydrogen-bond acceptors (Lipinski definition) is 3. The van der Waals surface area contributed by atoms with E-state index >= 15 is 0 Å². The molecule has 0 aliphatic heterocycles. The number of aliphatic hydroxyl groups is 1. The number of aromatic nitrogens is 1. The summed E-state index contributed by atoms with van der Waals surface area (Å²) in [6, 6.07) is 13.4. The van der Waals surface area contributed by atoms with Crippen molar-refractivity contribution in [2.45, 2.75) is 6.54 Å². The summed E-state index contributed by atoms with van der Waals surface area (Å²) < 4.78 is 0. The van der Waals surface area contributed by atoms with E-state index in [2.05, 4.69) is 16.9 Å². The third-order valence-electron chi connectivity index (χ3n) is 3.34. The van der Waals surface area contributed by atoms with Crippen molar-refractivity contribution in [3.63, 3.8) is 0 Å². The highest BCUT2D eigenvalue weighted by atomic mass is 16.3. The Hall–Kier alpha value is -2.66. The molecule has 0 aliphatic rings. The molecule has 2 amide bonds. The fraction of sp³-hybridized carbons (Fsp3) is 0.222. The van der Waals surface area contributed by atoms with Gasteiger partial charge in [0.1, 0.15) is 0 Å². The zero-order valence-corrected chi connectivity index (χ0v) is 13.0. The average Bonchev–Trinajstić information content (AvgIpc) is 2.60. The fourth-order valence-electron chi connectivity index (χ4n) is 2.22. The maximum Gasteiger partial charge on any atom is 0.318 e. The zero-order valence-electron chi connectivity index (χ0n) is 13.0. The van der Waals surface area contributed by atoms with Crippen molar-refractivity contribution in [1.82, 2.24) is 15.2 Å². The highest BCUT2D eigenvalue weighted by Gasteiger charge is 2.10. The number of carbonyl (C=O) groups excluding carboxylic acids is 1. The third-order valence-corrected chi connectivity index (χ3v) is 3.34. The van der Waals surface area contributed by atoms with Gasteiger partial charge in [-0.2, -0.15) is 0 Å². The lowest BCUT2D eigenvalue weighted by Gasteiger charge is -2.20. The molecule has 0 atom stereocenters. The van der Waals surface area contributed by atoms with Gasteiger partial charge in [-0.05, 0) is 23.8 Å². The van der Waals surface area contributed by atoms with E-state index in [4.69, 9.17) is 5.11 Å². The van der Waals surface area contributed by atoms with Crippen LogP contribution in [0.5, 0.6) is 0 Å². The van der Waals surface area contributed by atoms with Crippen molar-refractivity contribution in [3.05, 3.63) is 66.9 Å². The van der Waals surface area contributed by atoms with Crippen molar-refractivity contribution in [2.24, 2.45) is 0 Å². The summed E-state index contributed by atoms with van der Waals surface area (Å²) in [6.07, 6.45) is 3.39. The molecule has 5 nitrogen and oxygen atoms in total. The molecule has 120 valence electrons. The van der Waals surface area contributed by atoms with E-state index < -0.39 is 0 Å². The Morgan fingerprint density at radius 2 is 2.17 bits per heavy atom. The van der Waals surface area contributed by atoms with E-state index in [0.717, 1.165) is 16.8 Å². The number of benzene rings is 1. The number of aliphatic hydroxyl groups excluding tert-OH is 1. The van der Waals surface area contributed by atoms with Crippen LogP contribution in [0.2, 0.25) is 0 Å². The molecule has 0 saturated heterocycles. The van der Waals surface area contributed by atoms with Gasteiger partial charge in [-0.25, -0.2) is 4.79 Å². The van der Waals surface area contributed by atoms with E-state index in [1.54, 1.807) is 12.3 Å². The quantitative estimate of drug-likeness (QED) is 0.772. The predicted molar refractivity (Wildman–Crippen MR) is 90.8 cm³/mol. The van der Waals surface area contributed by atoms with E-state index in [0.29, 0.717) is 13.1 Å². The number of hydrogen-bond donors (Lipinski definition) is 2. The summed E-state index contributed by atoms with van der Waals surface area (Å²) >= 11 is 0. The maximum atomic E-state index is 12.1. The van der Waals surface area contributed by atoms with Crippen LogP contribution < -0.4 is 5.32 Å². The molecule has 2 rings (SSSR count). The molecule has 1 aromatic heterocycles. The molecular weight excluding hydrogens is 290 g/mol. The van der Waals surface area contributed by atoms with Gasteiger partial charge in [0.25, 0.3) is 0 Å². The summed E-state index contributed by atoms with van der Waals surface area (Å²) in [7, 11) is 0. The Kier molecular flexibility index (Phi) is 6.32. The second kappa shape index (κ2) is 8.70. The predicted octanol–water partition coefficient (Wildman–Crippen LogP) is 2.44. The molecule has 23 heavy (non-hydrogen) atoms. The summed E-state index contributed by atoms with van der Waals surface area (Å²) in [5, 5.41) is 11.9. The van der Waals surface area contributed by atoms with Crippen LogP contribution in [0.25, 0.3) is 11.3 Å². The number of nitrogens with one attached hydrogen (secondary N) is 1. The Balaban J connectivity index is 2.00. The SMILES string of the molecule is C=CCN(CCO)C(=O)NCc1cccc(-c2ccccn2)c1. The molecule has 0 bridgehead atoms. The third kappa shape index (κ3) is 4.93. The van der Waals surface area contributed by atoms with Gasteiger partial charge in [0.2, 0.25) is 0 Å². The van der Waals surface area contributed by atoms with Gasteiger partial charge in [0, 0.05) is 31.4 Å². The molecule has 2 aromatic rings. The van der Waals surface area contributed by atoms with Crippen LogP contribution in [0.4, 0.5) is 4.79 Å². The lowest BCUT2D eigenvalue weighted by molar-refractivity contribution is 0.183. The molecule has 0 radical (unpaired) electrons. The molecule has 2 N–H and O–H groups in total. The highest BCUT2D eigenvalue weighted by Crippen LogP contribution is 2.17. The number of nitrogens with zero attached hydrogens (tertiary/aromatic N) is 2. The number of rotatable bonds is 7. The molecule has 0 spiro atoms. The van der Waals surface area contributed by atoms with Gasteiger partial charge in [-0.15, -0.1) is 6.58 Å². The monoisotopic (exact) mass is 311 g/mol. The van der Waals surface area contributed by atoms with E-state index in [1.807, 2.05) is 42.5 Å². The van der Waals surface area contributed by atoms with Gasteiger partial charge in [0.05, 0.1) is 12.3 Å². The molecular formula is C18H21N3O2. The number of urea groups is 1. The number of pyridine rings is 1. The molecule has 0 aliphatic carbocycles. The fourth-order valence-corrected chi connectivity index (χ4v) is 2.22. The molecule has 0 unspecified atom stereocenters. The lowest BCUT2D eigenvalue weighted by Crippen LogP contribution is -2.41. The second-order valence-electron chi connectivity index (χ2n) is 5.03. The van der Waals surface area contributed by atoms with Crippen molar-refractivity contribution in [2.75, 3.05) is 19.7 Å². The summed E-state index contributed by atoms with van der Waals surface area (Å²) in [5.74, 6) is 0. The van der Waals surface area contributed by atoms with Crippen LogP contribution in [0, 0.1) is 0 Å². The van der Waals surface area contributed by atoms with E-state index in [-0.39, 0.29) is 19.2 Å². The first kappa shape index (κ1) is 16.7. The van der Waals surface area contributed by atoms with Crippen molar-refractivity contribution in [1.29, 1.82) is 0 Å². The minimum atomic E-state index is -0.220. The standard InChI is InChI=1S/C18H21N3O2/c1-2-10-21(11-12-22)18(23)20-14-15-6-5-7-16(13-15)17-8-3-4-9-19-17/h2-9,13,22H,1,10-12,14H2,(H,20,23). The first-order valence-electron chi connectivity index (χ1n) is 7.49. The minimum absolute atomic E-state index is 0.0730. The Labute approximate surface area is 136 Å². The van der Waals surface area contributed by atoms with Gasteiger partial charge in [0.15, 0.2) is 0 Å². The highest BCUT2D eigenvalue weighted by molar-refractivity contribution is 5.74. The molecule has 1 aromatic carbocycles. The van der Waals surface area contributed by atoms with Crippen LogP contribution in [0.3, 0.4) is 0 Å². The average molecular weight is 311 g/mol. The van der Waals surface area contributed by atoms with Gasteiger partial charge in [-0.1, -0.05) is 30.3 Å². The minimum Gasteiger partial charge on any atom is -0.395 e. The van der Waals surface area contributed by atoms with Crippen LogP contribution in [0.1, 0.15) is 5.56 Å². The molecule has 0 fully saturated rings. The van der Waals surface area contributed by atoms with Gasteiger partial charge in [-0.3, -0.25) is 4.98 Å². The Morgan fingerprint density at radius 1 is 1.30 bits per heavy atom. The Morgan fingerprint density at radius 3 is 2.87 bits per heavy atom. The van der Waals surface area contributed by atoms with Gasteiger partial charge < -0.3 is 15.3 Å². The van der Waals surface area contributed by atoms with Crippen LogP contribution in [-0.2, 0) is 6.54 Å². The molecule has 0 saturated carbocycles. The summed E-state index contributed by atoms with van der Waals surface area (Å²) in [6.45, 7) is 4.65. The normalized spacial score (nSPS) is 10.1. The van der Waals surface area contributed by atoms with Crippen molar-refractivity contribution in [3.8, 4) is 11.3 Å². The maximum absolute atomic E-state index is 12.1. The van der Waals surface area contributed by atoms with E-state index in [1.165, 1.54) is 4.90 Å². The second-order valence-corrected chi connectivity index (χ2v) is 5.03. The topological polar surface area (TPSA) is 65.5 Å². The van der Waals surface area contributed by atoms with Crippen molar-refractivity contribution < 1.29 is 9.90 Å². The first-order valence-corrected chi connectivity index (χ1v) is 7.49. The largest absolute Gasteiger partial charge is 0.395 e. The smallest absolute Gasteiger partial charge is 0.318 e. The van der Waals surface area contributed by atoms with Gasteiger partial charge >= 0.3 is 6.03 Å². The summed E-state index contributed by atoms with van der Waals surface area (Å²) in [4.78, 5) is 17.9. The zero-order chi connectivity index (χ0) is 16.5. The number of carbonyl (C=O) groups is 1. The van der Waals surface area contributed by atoms with Crippen LogP contribution >= 0.6 is 0 Å². The van der Waals surface area contributed by atoms with E-state index in [9.17, 15) is 4.79 Å². The Bertz CT molecular complexity index is 644. The molecule has 1 heterocycles. The number of amides is 2. The molecule has 5 heteroatoms. The summed E-state index contributed by atoms with van der Waals surface area (Å²) in [5.41, 5.74) is 2.90. The van der Waals surface area contributed by atoms with Crippen LogP contribution in [0.15, 0.2) is 61.3 Å². The first-order chi connectivity index (χ1) is 11.2.